The normalized spacial score (nSPS) is 11.4. The van der Waals surface area contributed by atoms with Crippen LogP contribution in [0, 0.1) is 6.92 Å². The van der Waals surface area contributed by atoms with E-state index in [1.165, 1.54) is 0 Å². The summed E-state index contributed by atoms with van der Waals surface area (Å²) in [7, 11) is 3.92. The minimum atomic E-state index is 0.160. The molecule has 10 heteroatoms. The lowest BCUT2D eigenvalue weighted by Gasteiger charge is -2.19. The summed E-state index contributed by atoms with van der Waals surface area (Å²) in [5.74, 6) is 0.958. The number of azo groups is 2. The van der Waals surface area contributed by atoms with Crippen LogP contribution in [0.2, 0.25) is 0 Å². The first-order valence-corrected chi connectivity index (χ1v) is 12.5. The summed E-state index contributed by atoms with van der Waals surface area (Å²) in [5, 5.41) is 45.1. The van der Waals surface area contributed by atoms with Crippen molar-refractivity contribution in [1.29, 1.82) is 0 Å². The Hall–Kier alpha value is -5.51. The zero-order valence-corrected chi connectivity index (χ0v) is 22.3. The van der Waals surface area contributed by atoms with Crippen molar-refractivity contribution in [2.24, 2.45) is 20.5 Å². The lowest BCUT2D eigenvalue weighted by molar-refractivity contribution is 0.475. The van der Waals surface area contributed by atoms with Gasteiger partial charge < -0.3 is 20.4 Å². The molecular weight excluding hydrogens is 504 g/mol. The van der Waals surface area contributed by atoms with E-state index in [4.69, 9.17) is 5.10 Å². The van der Waals surface area contributed by atoms with E-state index in [2.05, 4.69) is 25.8 Å². The average Bonchev–Trinajstić information content (AvgIpc) is 3.27. The van der Waals surface area contributed by atoms with E-state index < -0.39 is 0 Å². The maximum atomic E-state index is 9.61. The molecule has 4 aromatic carbocycles. The molecule has 0 aliphatic rings. The summed E-state index contributed by atoms with van der Waals surface area (Å²) in [6, 6.07) is 28.6. The predicted molar refractivity (Wildman–Crippen MR) is 157 cm³/mol. The van der Waals surface area contributed by atoms with Crippen molar-refractivity contribution in [3.05, 3.63) is 103 Å². The van der Waals surface area contributed by atoms with Gasteiger partial charge in [-0.15, -0.1) is 5.11 Å². The molecule has 1 aromatic heterocycles. The largest absolute Gasteiger partial charge is 0.508 e. The molecule has 0 amide bonds. The van der Waals surface area contributed by atoms with Crippen LogP contribution in [-0.4, -0.2) is 34.1 Å². The van der Waals surface area contributed by atoms with E-state index in [1.807, 2.05) is 74.4 Å². The van der Waals surface area contributed by atoms with E-state index >= 15 is 0 Å². The van der Waals surface area contributed by atoms with Gasteiger partial charge in [-0.3, -0.25) is 0 Å². The van der Waals surface area contributed by atoms with Crippen LogP contribution in [0.4, 0.5) is 39.9 Å². The second-order valence-electron chi connectivity index (χ2n) is 9.18. The fourth-order valence-electron chi connectivity index (χ4n) is 3.97. The molecular formula is C30H28N8O2. The summed E-state index contributed by atoms with van der Waals surface area (Å²) < 4.78 is 1.80. The van der Waals surface area contributed by atoms with E-state index in [9.17, 15) is 10.2 Å². The number of aryl methyl sites for hydroxylation is 1. The number of benzene rings is 4. The molecule has 0 aliphatic heterocycles. The summed E-state index contributed by atoms with van der Waals surface area (Å²) in [4.78, 5) is 2.00. The maximum absolute atomic E-state index is 9.61. The van der Waals surface area contributed by atoms with Crippen molar-refractivity contribution in [3.63, 3.8) is 0 Å². The van der Waals surface area contributed by atoms with Gasteiger partial charge >= 0.3 is 0 Å². The fraction of sp³-hybridized carbons (Fsp3) is 0.100. The molecule has 0 spiro atoms. The molecule has 0 fully saturated rings. The van der Waals surface area contributed by atoms with Gasteiger partial charge in [0.2, 0.25) is 0 Å². The topological polar surface area (TPSA) is 123 Å². The minimum absolute atomic E-state index is 0.160. The van der Waals surface area contributed by atoms with Crippen LogP contribution >= 0.6 is 0 Å². The van der Waals surface area contributed by atoms with Crippen LogP contribution < -0.4 is 10.2 Å². The number of nitrogens with one attached hydrogen (secondary N) is 1. The van der Waals surface area contributed by atoms with Gasteiger partial charge in [0.15, 0.2) is 11.5 Å². The Morgan fingerprint density at radius 2 is 1.25 bits per heavy atom. The third kappa shape index (κ3) is 5.97. The van der Waals surface area contributed by atoms with Crippen molar-refractivity contribution in [2.45, 2.75) is 6.92 Å². The number of phenolic OH excluding ortho intramolecular Hbond substituents is 2. The first-order valence-electron chi connectivity index (χ1n) is 12.5. The molecule has 5 aromatic rings. The Morgan fingerprint density at radius 3 is 1.85 bits per heavy atom. The summed E-state index contributed by atoms with van der Waals surface area (Å²) in [6.07, 6.45) is 0. The number of hydrogen-bond donors (Lipinski definition) is 3. The summed E-state index contributed by atoms with van der Waals surface area (Å²) in [6.45, 7) is 1.88. The monoisotopic (exact) mass is 532 g/mol. The fourth-order valence-corrected chi connectivity index (χ4v) is 3.97. The number of para-hydroxylation sites is 1. The molecule has 0 radical (unpaired) electrons. The number of aromatic hydroxyl groups is 2. The second-order valence-corrected chi connectivity index (χ2v) is 9.18. The number of anilines is 3. The molecule has 0 bridgehead atoms. The highest BCUT2D eigenvalue weighted by Gasteiger charge is 2.19. The smallest absolute Gasteiger partial charge is 0.162 e. The average molecular weight is 533 g/mol. The zero-order chi connectivity index (χ0) is 28.1. The Morgan fingerprint density at radius 1 is 0.700 bits per heavy atom. The van der Waals surface area contributed by atoms with Gasteiger partial charge in [-0.2, -0.15) is 20.4 Å². The first kappa shape index (κ1) is 26.1. The zero-order valence-electron chi connectivity index (χ0n) is 22.3. The molecule has 0 aliphatic carbocycles. The van der Waals surface area contributed by atoms with Crippen molar-refractivity contribution in [1.82, 2.24) is 9.78 Å². The number of nitrogens with zero attached hydrogens (tertiary/aromatic N) is 7. The van der Waals surface area contributed by atoms with Crippen LogP contribution in [0.1, 0.15) is 5.69 Å². The lowest BCUT2D eigenvalue weighted by atomic mass is 10.2. The van der Waals surface area contributed by atoms with Crippen molar-refractivity contribution in [3.8, 4) is 17.2 Å². The number of phenols is 2. The Bertz CT molecular complexity index is 1660. The van der Waals surface area contributed by atoms with Gasteiger partial charge in [0, 0.05) is 14.1 Å². The van der Waals surface area contributed by atoms with Crippen LogP contribution in [0.15, 0.2) is 118 Å². The van der Waals surface area contributed by atoms with Crippen molar-refractivity contribution in [2.75, 3.05) is 24.3 Å². The highest BCUT2D eigenvalue weighted by Crippen LogP contribution is 2.39. The minimum Gasteiger partial charge on any atom is -0.508 e. The predicted octanol–water partition coefficient (Wildman–Crippen LogP) is 8.23. The number of rotatable bonds is 8. The van der Waals surface area contributed by atoms with Crippen LogP contribution in [0.3, 0.4) is 0 Å². The van der Waals surface area contributed by atoms with Crippen LogP contribution in [0.5, 0.6) is 11.5 Å². The van der Waals surface area contributed by atoms with Gasteiger partial charge in [0.25, 0.3) is 0 Å². The molecule has 0 unspecified atom stereocenters. The van der Waals surface area contributed by atoms with E-state index in [0.29, 0.717) is 34.3 Å². The van der Waals surface area contributed by atoms with Crippen molar-refractivity contribution >= 4 is 39.9 Å². The van der Waals surface area contributed by atoms with Gasteiger partial charge in [0.1, 0.15) is 11.5 Å². The molecule has 0 saturated heterocycles. The van der Waals surface area contributed by atoms with Gasteiger partial charge in [0.05, 0.1) is 39.8 Å². The standard InChI is InChI=1S/C30H28N8O2/c1-20-29(35-33-22-11-16-26(40)17-12-22)30(38(36-20)24-7-5-4-6-8-24)31-27-19-23(13-18-28(27)37(2)3)34-32-21-9-14-25(39)15-10-21/h4-19,31,39-40H,1-3H3. The van der Waals surface area contributed by atoms with Crippen molar-refractivity contribution < 1.29 is 10.2 Å². The molecule has 40 heavy (non-hydrogen) atoms. The molecule has 1 heterocycles. The maximum Gasteiger partial charge on any atom is 0.162 e. The van der Waals surface area contributed by atoms with E-state index in [0.717, 1.165) is 17.1 Å². The van der Waals surface area contributed by atoms with E-state index in [1.54, 1.807) is 53.2 Å². The number of aromatic nitrogens is 2. The lowest BCUT2D eigenvalue weighted by Crippen LogP contribution is -2.11. The SMILES string of the molecule is Cc1nn(-c2ccccc2)c(Nc2cc(N=Nc3ccc(O)cc3)ccc2N(C)C)c1N=Nc1ccc(O)cc1. The van der Waals surface area contributed by atoms with Gasteiger partial charge in [-0.05, 0) is 85.8 Å². The third-order valence-corrected chi connectivity index (χ3v) is 5.99. The molecule has 5 rings (SSSR count). The van der Waals surface area contributed by atoms with Crippen LogP contribution in [-0.2, 0) is 0 Å². The van der Waals surface area contributed by atoms with Gasteiger partial charge in [-0.1, -0.05) is 18.2 Å². The molecule has 200 valence electrons. The summed E-state index contributed by atoms with van der Waals surface area (Å²) >= 11 is 0. The van der Waals surface area contributed by atoms with Gasteiger partial charge in [-0.25, -0.2) is 4.68 Å². The molecule has 0 atom stereocenters. The quantitative estimate of drug-likeness (QED) is 0.174. The Labute approximate surface area is 231 Å². The molecule has 3 N–H and O–H groups in total. The Balaban J connectivity index is 1.57. The molecule has 0 saturated carbocycles. The third-order valence-electron chi connectivity index (χ3n) is 5.99. The second kappa shape index (κ2) is 11.5. The van der Waals surface area contributed by atoms with E-state index in [-0.39, 0.29) is 11.5 Å². The number of hydrogen-bond acceptors (Lipinski definition) is 9. The Kier molecular flexibility index (Phi) is 7.49. The molecule has 10 nitrogen and oxygen atoms in total. The highest BCUT2D eigenvalue weighted by molar-refractivity contribution is 5.81. The highest BCUT2D eigenvalue weighted by atomic mass is 16.3. The first-order chi connectivity index (χ1) is 19.4. The van der Waals surface area contributed by atoms with Crippen LogP contribution in [0.25, 0.3) is 5.69 Å². The summed E-state index contributed by atoms with van der Waals surface area (Å²) in [5.41, 5.74) is 5.65.